The number of nitrogens with zero attached hydrogens (tertiary/aromatic N) is 1. The van der Waals surface area contributed by atoms with Gasteiger partial charge >= 0.3 is 0 Å². The van der Waals surface area contributed by atoms with Gasteiger partial charge in [0.2, 0.25) is 6.41 Å². The molecule has 0 aromatic heterocycles. The third-order valence-corrected chi connectivity index (χ3v) is 2.56. The van der Waals surface area contributed by atoms with Crippen LogP contribution in [0.2, 0.25) is 0 Å². The first-order valence-electron chi connectivity index (χ1n) is 9.90. The van der Waals surface area contributed by atoms with Gasteiger partial charge in [-0.1, -0.05) is 41.0 Å². The minimum atomic E-state index is 0.527. The minimum absolute atomic E-state index is 0.527. The van der Waals surface area contributed by atoms with Crippen molar-refractivity contribution in [3.8, 4) is 0 Å². The second-order valence-corrected chi connectivity index (χ2v) is 5.10. The summed E-state index contributed by atoms with van der Waals surface area (Å²) in [4.78, 5) is 11.8. The SMILES string of the molecule is CC.CCC.CCNCCOCCOCCOCCOCCN(C)C=O. The molecule has 0 atom stereocenters. The van der Waals surface area contributed by atoms with Crippen molar-refractivity contribution < 1.29 is 23.7 Å². The Balaban J connectivity index is -0.000000950. The number of hydrogen-bond donors (Lipinski definition) is 1. The Morgan fingerprint density at radius 3 is 1.54 bits per heavy atom. The summed E-state index contributed by atoms with van der Waals surface area (Å²) >= 11 is 0. The number of hydrogen-bond acceptors (Lipinski definition) is 6. The second-order valence-electron chi connectivity index (χ2n) is 5.10. The van der Waals surface area contributed by atoms with Gasteiger partial charge in [0, 0.05) is 20.1 Å². The number of nitrogens with one attached hydrogen (secondary N) is 1. The van der Waals surface area contributed by atoms with Crippen LogP contribution in [0.4, 0.5) is 0 Å². The Kier molecular flexibility index (Phi) is 36.9. The number of amides is 1. The van der Waals surface area contributed by atoms with E-state index in [1.165, 1.54) is 11.3 Å². The zero-order valence-electron chi connectivity index (χ0n) is 18.1. The van der Waals surface area contributed by atoms with Crippen molar-refractivity contribution in [3.63, 3.8) is 0 Å². The Labute approximate surface area is 161 Å². The fraction of sp³-hybridized carbons (Fsp3) is 0.947. The van der Waals surface area contributed by atoms with Crippen LogP contribution in [-0.2, 0) is 23.7 Å². The van der Waals surface area contributed by atoms with E-state index in [-0.39, 0.29) is 0 Å². The monoisotopic (exact) mass is 380 g/mol. The summed E-state index contributed by atoms with van der Waals surface area (Å²) in [6.07, 6.45) is 2.03. The van der Waals surface area contributed by atoms with Gasteiger partial charge in [0.1, 0.15) is 0 Å². The summed E-state index contributed by atoms with van der Waals surface area (Å²) in [7, 11) is 1.72. The van der Waals surface area contributed by atoms with Gasteiger partial charge < -0.3 is 29.2 Å². The molecule has 0 fully saturated rings. The number of rotatable bonds is 17. The van der Waals surface area contributed by atoms with Crippen LogP contribution < -0.4 is 5.32 Å². The molecule has 0 aromatic rings. The standard InChI is InChI=1S/C14H30N2O5.C3H8.C2H6/c1-3-15-4-6-18-8-10-20-12-13-21-11-9-19-7-5-16(2)14-17;1-3-2;1-2/h14-15H,3-13H2,1-2H3;3H2,1-2H3;1-2H3. The average molecular weight is 381 g/mol. The smallest absolute Gasteiger partial charge is 0.209 e. The molecule has 0 bridgehead atoms. The van der Waals surface area contributed by atoms with Gasteiger partial charge in [-0.2, -0.15) is 0 Å². The van der Waals surface area contributed by atoms with Crippen LogP contribution in [0.5, 0.6) is 0 Å². The second kappa shape index (κ2) is 32.0. The lowest BCUT2D eigenvalue weighted by molar-refractivity contribution is -0.117. The third kappa shape index (κ3) is 34.6. The highest BCUT2D eigenvalue weighted by Gasteiger charge is 1.94. The molecular formula is C19H44N2O5. The predicted molar refractivity (Wildman–Crippen MR) is 108 cm³/mol. The van der Waals surface area contributed by atoms with Gasteiger partial charge in [-0.05, 0) is 6.54 Å². The molecular weight excluding hydrogens is 336 g/mol. The summed E-state index contributed by atoms with van der Waals surface area (Å²) < 4.78 is 21.4. The van der Waals surface area contributed by atoms with E-state index in [0.717, 1.165) is 19.5 Å². The van der Waals surface area contributed by atoms with Gasteiger partial charge in [-0.15, -0.1) is 0 Å². The predicted octanol–water partition coefficient (Wildman–Crippen LogP) is 2.19. The molecule has 0 heterocycles. The maximum Gasteiger partial charge on any atom is 0.209 e. The van der Waals surface area contributed by atoms with E-state index in [1.807, 2.05) is 13.8 Å². The lowest BCUT2D eigenvalue weighted by Gasteiger charge is -2.10. The third-order valence-electron chi connectivity index (χ3n) is 2.56. The van der Waals surface area contributed by atoms with Gasteiger partial charge in [0.25, 0.3) is 0 Å². The fourth-order valence-corrected chi connectivity index (χ4v) is 1.34. The van der Waals surface area contributed by atoms with Crippen molar-refractivity contribution in [1.82, 2.24) is 10.2 Å². The topological polar surface area (TPSA) is 69.3 Å². The average Bonchev–Trinajstić information content (AvgIpc) is 2.67. The lowest BCUT2D eigenvalue weighted by atomic mass is 10.6. The molecule has 0 spiro atoms. The van der Waals surface area contributed by atoms with E-state index >= 15 is 0 Å². The minimum Gasteiger partial charge on any atom is -0.378 e. The summed E-state index contributed by atoms with van der Waals surface area (Å²) in [5, 5.41) is 3.18. The highest BCUT2D eigenvalue weighted by atomic mass is 16.6. The Morgan fingerprint density at radius 1 is 0.769 bits per heavy atom. The Morgan fingerprint density at radius 2 is 1.15 bits per heavy atom. The van der Waals surface area contributed by atoms with Crippen LogP contribution in [0.15, 0.2) is 0 Å². The van der Waals surface area contributed by atoms with Crippen LogP contribution in [0.3, 0.4) is 0 Å². The zero-order valence-corrected chi connectivity index (χ0v) is 18.1. The molecule has 0 aliphatic carbocycles. The molecule has 7 heteroatoms. The van der Waals surface area contributed by atoms with Crippen molar-refractivity contribution in [2.24, 2.45) is 0 Å². The summed E-state index contributed by atoms with van der Waals surface area (Å²) in [6, 6.07) is 0. The maximum atomic E-state index is 10.3. The molecule has 0 saturated carbocycles. The zero-order chi connectivity index (χ0) is 20.3. The molecule has 0 aliphatic heterocycles. The highest BCUT2D eigenvalue weighted by molar-refractivity contribution is 5.46. The molecule has 160 valence electrons. The molecule has 0 radical (unpaired) electrons. The number of likely N-dealkylation sites (N-methyl/N-ethyl adjacent to an activating group) is 2. The molecule has 0 rings (SSSR count). The van der Waals surface area contributed by atoms with Crippen LogP contribution in [0, 0.1) is 0 Å². The van der Waals surface area contributed by atoms with Crippen molar-refractivity contribution in [2.45, 2.75) is 41.0 Å². The quantitative estimate of drug-likeness (QED) is 0.308. The first-order valence-corrected chi connectivity index (χ1v) is 9.90. The normalized spacial score (nSPS) is 9.62. The van der Waals surface area contributed by atoms with Crippen molar-refractivity contribution in [1.29, 1.82) is 0 Å². The van der Waals surface area contributed by atoms with Crippen LogP contribution >= 0.6 is 0 Å². The molecule has 7 nitrogen and oxygen atoms in total. The van der Waals surface area contributed by atoms with Crippen LogP contribution in [0.1, 0.15) is 41.0 Å². The Hall–Kier alpha value is -0.730. The van der Waals surface area contributed by atoms with Gasteiger partial charge in [0.15, 0.2) is 0 Å². The van der Waals surface area contributed by atoms with E-state index in [9.17, 15) is 4.79 Å². The summed E-state index contributed by atoms with van der Waals surface area (Å²) in [6.45, 7) is 17.4. The van der Waals surface area contributed by atoms with Gasteiger partial charge in [-0.3, -0.25) is 4.79 Å². The first-order chi connectivity index (χ1) is 12.7. The highest BCUT2D eigenvalue weighted by Crippen LogP contribution is 1.83. The molecule has 0 unspecified atom stereocenters. The van der Waals surface area contributed by atoms with Crippen molar-refractivity contribution in [2.75, 3.05) is 79.5 Å². The summed E-state index contributed by atoms with van der Waals surface area (Å²) in [5.41, 5.74) is 0. The maximum absolute atomic E-state index is 10.3. The fourth-order valence-electron chi connectivity index (χ4n) is 1.34. The largest absolute Gasteiger partial charge is 0.378 e. The van der Waals surface area contributed by atoms with Crippen LogP contribution in [0.25, 0.3) is 0 Å². The van der Waals surface area contributed by atoms with E-state index < -0.39 is 0 Å². The number of ether oxygens (including phenoxy) is 4. The first kappa shape index (κ1) is 30.0. The number of carbonyl (C=O) groups excluding carboxylic acids is 1. The number of carbonyl (C=O) groups is 1. The van der Waals surface area contributed by atoms with E-state index in [1.54, 1.807) is 7.05 Å². The molecule has 0 aliphatic rings. The lowest BCUT2D eigenvalue weighted by Crippen LogP contribution is -2.22. The molecule has 26 heavy (non-hydrogen) atoms. The van der Waals surface area contributed by atoms with Gasteiger partial charge in [-0.25, -0.2) is 0 Å². The molecule has 0 aromatic carbocycles. The molecule has 1 N–H and O–H groups in total. The molecule has 1 amide bonds. The van der Waals surface area contributed by atoms with Crippen LogP contribution in [-0.4, -0.2) is 90.8 Å². The molecule has 0 saturated heterocycles. The van der Waals surface area contributed by atoms with E-state index in [2.05, 4.69) is 26.1 Å². The van der Waals surface area contributed by atoms with E-state index in [0.29, 0.717) is 59.4 Å². The van der Waals surface area contributed by atoms with E-state index in [4.69, 9.17) is 18.9 Å². The van der Waals surface area contributed by atoms with Crippen molar-refractivity contribution in [3.05, 3.63) is 0 Å². The van der Waals surface area contributed by atoms with Gasteiger partial charge in [0.05, 0.1) is 52.9 Å². The Bertz CT molecular complexity index is 234. The van der Waals surface area contributed by atoms with Crippen molar-refractivity contribution >= 4 is 6.41 Å². The summed E-state index contributed by atoms with van der Waals surface area (Å²) in [5.74, 6) is 0.